The molecule has 143 heavy (non-hydrogen) atoms. The van der Waals surface area contributed by atoms with Crippen molar-refractivity contribution >= 4 is 0 Å². The Bertz CT molecular complexity index is 4750. The molecule has 0 aliphatic carbocycles. The van der Waals surface area contributed by atoms with Crippen molar-refractivity contribution in [2.45, 2.75) is 297 Å². The molecule has 20 heteroatoms. The maximum absolute atomic E-state index is 13.6. The first kappa shape index (κ1) is 129. The van der Waals surface area contributed by atoms with Crippen LogP contribution in [0, 0.1) is 114 Å². The minimum Gasteiger partial charge on any atom is -0.491 e. The van der Waals surface area contributed by atoms with Gasteiger partial charge in [-0.3, -0.25) is 0 Å². The average Bonchev–Trinajstić information content (AvgIpc) is 0.870. The lowest BCUT2D eigenvalue weighted by Crippen LogP contribution is -1.99. The first-order valence-electron chi connectivity index (χ1n) is 51.3. The van der Waals surface area contributed by atoms with E-state index in [0.717, 1.165) is 171 Å². The van der Waals surface area contributed by atoms with Crippen molar-refractivity contribution < 1.29 is 91.3 Å². The van der Waals surface area contributed by atoms with E-state index in [9.17, 15) is 43.9 Å². The Hall–Kier alpha value is -11.5. The van der Waals surface area contributed by atoms with Gasteiger partial charge >= 0.3 is 0 Å². The fourth-order valence-corrected chi connectivity index (χ4v) is 12.9. The van der Waals surface area contributed by atoms with Gasteiger partial charge in [-0.1, -0.05) is 289 Å². The van der Waals surface area contributed by atoms with E-state index in [4.69, 9.17) is 47.4 Å². The predicted molar refractivity (Wildman–Crippen MR) is 575 cm³/mol. The summed E-state index contributed by atoms with van der Waals surface area (Å²) in [6.07, 6.45) is 38.9. The maximum atomic E-state index is 13.6. The molecule has 10 aromatic rings. The Morgan fingerprint density at radius 2 is 0.322 bits per heavy atom. The zero-order chi connectivity index (χ0) is 106. The lowest BCUT2D eigenvalue weighted by atomic mass is 10.1. The summed E-state index contributed by atoms with van der Waals surface area (Å²) in [7, 11) is 0. The molecule has 0 atom stereocenters. The lowest BCUT2D eigenvalue weighted by molar-refractivity contribution is 0.290. The molecule has 0 saturated heterocycles. The van der Waals surface area contributed by atoms with Crippen LogP contribution in [-0.2, 0) is 12.8 Å². The summed E-state index contributed by atoms with van der Waals surface area (Å²) < 4.78 is 185. The number of halogens is 10. The van der Waals surface area contributed by atoms with Gasteiger partial charge in [-0.15, -0.1) is 0 Å². The summed E-state index contributed by atoms with van der Waals surface area (Å²) in [5.41, 5.74) is 9.38. The Balaban J connectivity index is 0.000000796. The fraction of sp³-hybridized carbons (Fsp3) is 0.447. The summed E-state index contributed by atoms with van der Waals surface area (Å²) >= 11 is 0. The predicted octanol–water partition coefficient (Wildman–Crippen LogP) is 37.0. The summed E-state index contributed by atoms with van der Waals surface area (Å²) in [5, 5.41) is 0. The summed E-state index contributed by atoms with van der Waals surface area (Å²) in [5.74, 6) is 0.607. The van der Waals surface area contributed by atoms with Crippen molar-refractivity contribution in [1.82, 2.24) is 0 Å². The highest BCUT2D eigenvalue weighted by atomic mass is 19.2. The number of ether oxygens (including phenoxy) is 10. The molecule has 0 aliphatic rings. The Morgan fingerprint density at radius 1 is 0.175 bits per heavy atom. The number of hydrogen-bond acceptors (Lipinski definition) is 10. The van der Waals surface area contributed by atoms with Crippen molar-refractivity contribution in [3.05, 3.63) is 346 Å². The summed E-state index contributed by atoms with van der Waals surface area (Å²) in [6.45, 7) is 51.0. The highest BCUT2D eigenvalue weighted by molar-refractivity contribution is 5.36. The number of unbranched alkanes of at least 4 members (excludes halogenated alkanes) is 19. The standard InChI is InChI=1S/C15H21FO.C14H19FO.3C13H19FO.2C12H17FO.C11H15FO.2C10H11FO/c1-3-5-6-7-8-13-9-10-15(14(16)12-13)17-11-4-2;1-3-5-6-7-12-8-9-14(13(15)11-12)16-10-4-2;3*1-3-4-5-6-9-15-13-8-7-11(2)10-12(13)14;2*1-3-4-5-8-14-12-7-6-10(2)9-11(12)13;1-3-4-7-13-11-6-5-9(2)8-10(11)12;2*1-3-6-12-10-5-4-8(2)7-9(10)11/h4,9-10,12H,2-3,5-8,11H2,1H3;4,8-9,11H,2-3,5-7,10H2,1H3;3*7-8,10H,3-6,9H2,1-2H3;2*6-7,9H,3-5,8H2,1-2H3;5-6,8H,3-4,7H2,1-2H3;2*3-5,7H,1,6H2,2H3. The van der Waals surface area contributed by atoms with Crippen molar-refractivity contribution in [3.8, 4) is 57.5 Å². The number of aryl methyl sites for hydroxylation is 10. The molecule has 0 fully saturated rings. The van der Waals surface area contributed by atoms with Crippen molar-refractivity contribution in [1.29, 1.82) is 0 Å². The molecule has 0 bridgehead atoms. The molecule has 0 aliphatic heterocycles. The van der Waals surface area contributed by atoms with Crippen LogP contribution in [0.1, 0.15) is 284 Å². The largest absolute Gasteiger partial charge is 0.491 e. The monoisotopic (exact) mass is 2000 g/mol. The van der Waals surface area contributed by atoms with E-state index in [1.54, 1.807) is 97.1 Å². The molecule has 0 radical (unpaired) electrons. The average molecular weight is 2000 g/mol. The highest BCUT2D eigenvalue weighted by Crippen LogP contribution is 2.28. The van der Waals surface area contributed by atoms with Gasteiger partial charge in [0.15, 0.2) is 116 Å². The first-order chi connectivity index (χ1) is 68.9. The third kappa shape index (κ3) is 64.0. The fourth-order valence-electron chi connectivity index (χ4n) is 12.9. The quantitative estimate of drug-likeness (QED) is 0.0208. The molecule has 0 aromatic heterocycles. The van der Waals surface area contributed by atoms with E-state index >= 15 is 0 Å². The van der Waals surface area contributed by atoms with Crippen LogP contribution in [0.25, 0.3) is 0 Å². The Kier molecular flexibility index (Phi) is 75.9. The van der Waals surface area contributed by atoms with E-state index in [1.807, 2.05) is 116 Å². The van der Waals surface area contributed by atoms with Gasteiger partial charge in [0.25, 0.3) is 0 Å². The van der Waals surface area contributed by atoms with Gasteiger partial charge in [-0.25, -0.2) is 43.9 Å². The van der Waals surface area contributed by atoms with Crippen molar-refractivity contribution in [2.75, 3.05) is 66.1 Å². The number of benzene rings is 10. The molecule has 10 rings (SSSR count). The van der Waals surface area contributed by atoms with Crippen LogP contribution in [0.3, 0.4) is 0 Å². The van der Waals surface area contributed by atoms with E-state index in [1.165, 1.54) is 119 Å². The van der Waals surface area contributed by atoms with Crippen molar-refractivity contribution in [2.24, 2.45) is 0 Å². The Labute approximate surface area is 853 Å². The van der Waals surface area contributed by atoms with Crippen LogP contribution >= 0.6 is 0 Å². The number of rotatable bonds is 53. The number of hydrogen-bond donors (Lipinski definition) is 0. The molecule has 10 nitrogen and oxygen atoms in total. The topological polar surface area (TPSA) is 92.3 Å². The van der Waals surface area contributed by atoms with E-state index in [-0.39, 0.29) is 69.7 Å². The molecule has 790 valence electrons. The van der Waals surface area contributed by atoms with Crippen molar-refractivity contribution in [3.63, 3.8) is 0 Å². The molecule has 0 heterocycles. The third-order valence-electron chi connectivity index (χ3n) is 21.0. The summed E-state index contributed by atoms with van der Waals surface area (Å²) in [6, 6.07) is 50.4. The van der Waals surface area contributed by atoms with Gasteiger partial charge in [0, 0.05) is 0 Å². The van der Waals surface area contributed by atoms with Gasteiger partial charge in [0.2, 0.25) is 0 Å². The van der Waals surface area contributed by atoms with Gasteiger partial charge in [0.1, 0.15) is 26.4 Å². The van der Waals surface area contributed by atoms with Crippen LogP contribution in [0.15, 0.2) is 233 Å². The molecule has 10 aromatic carbocycles. The van der Waals surface area contributed by atoms with E-state index < -0.39 is 0 Å². The van der Waals surface area contributed by atoms with Gasteiger partial charge in [-0.05, 0) is 297 Å². The van der Waals surface area contributed by atoms with E-state index in [2.05, 4.69) is 81.7 Å². The smallest absolute Gasteiger partial charge is 0.165 e. The second-order valence-electron chi connectivity index (χ2n) is 34.7. The van der Waals surface area contributed by atoms with Gasteiger partial charge in [-0.2, -0.15) is 0 Å². The molecule has 0 N–H and O–H groups in total. The SMILES string of the molecule is C=CCOc1ccc(C)cc1F.C=CCOc1ccc(C)cc1F.C=CCOc1ccc(CCCCC)cc1F.C=CCOc1ccc(CCCCCC)cc1F.CCCCCCOc1ccc(C)cc1F.CCCCCCOc1ccc(C)cc1F.CCCCCCOc1ccc(C)cc1F.CCCCCOc1ccc(C)cc1F.CCCCCOc1ccc(C)cc1F.CCCCOc1ccc(C)cc1F. The highest BCUT2D eigenvalue weighted by Gasteiger charge is 2.12. The first-order valence-corrected chi connectivity index (χ1v) is 51.3. The summed E-state index contributed by atoms with van der Waals surface area (Å²) in [4.78, 5) is 0. The van der Waals surface area contributed by atoms with Gasteiger partial charge in [0.05, 0.1) is 39.6 Å². The maximum Gasteiger partial charge on any atom is 0.165 e. The third-order valence-corrected chi connectivity index (χ3v) is 21.0. The lowest BCUT2D eigenvalue weighted by Gasteiger charge is -2.07. The zero-order valence-corrected chi connectivity index (χ0v) is 88.9. The molecular weight excluding hydrogens is 1830 g/mol. The molecule has 0 saturated carbocycles. The normalized spacial score (nSPS) is 10.1. The second-order valence-corrected chi connectivity index (χ2v) is 34.7. The Morgan fingerprint density at radius 3 is 0.503 bits per heavy atom. The van der Waals surface area contributed by atoms with Crippen LogP contribution in [0.4, 0.5) is 43.9 Å². The van der Waals surface area contributed by atoms with Crippen LogP contribution in [0.2, 0.25) is 0 Å². The molecule has 0 unspecified atom stereocenters. The molecule has 0 spiro atoms. The molecular formula is C123H168F10O10. The zero-order valence-electron chi connectivity index (χ0n) is 88.9. The molecule has 0 amide bonds. The van der Waals surface area contributed by atoms with Crippen LogP contribution < -0.4 is 47.4 Å². The second kappa shape index (κ2) is 83.9. The van der Waals surface area contributed by atoms with Crippen LogP contribution in [-0.4, -0.2) is 66.1 Å². The minimum atomic E-state index is -0.322. The minimum absolute atomic E-state index is 0.259. The van der Waals surface area contributed by atoms with Gasteiger partial charge < -0.3 is 47.4 Å². The van der Waals surface area contributed by atoms with Crippen LogP contribution in [0.5, 0.6) is 57.5 Å². The van der Waals surface area contributed by atoms with E-state index in [0.29, 0.717) is 112 Å².